The molecule has 0 amide bonds. The fourth-order valence-corrected chi connectivity index (χ4v) is 9.12. The Morgan fingerprint density at radius 3 is 1.03 bits per heavy atom. The minimum atomic E-state index is -0.922. The molecular formula is C64H41N5. The molecule has 14 aromatic rings. The van der Waals surface area contributed by atoms with E-state index in [9.17, 15) is 26.0 Å². The highest BCUT2D eigenvalue weighted by atomic mass is 15.1. The topological polar surface area (TPSA) is 40.6 Å². The third-order valence-corrected chi connectivity index (χ3v) is 12.1. The minimum absolute atomic E-state index is 0.00417. The molecule has 0 saturated heterocycles. The molecule has 0 unspecified atom stereocenters. The second-order valence-electron chi connectivity index (χ2n) is 15.9. The zero-order chi connectivity index (χ0) is 67.2. The van der Waals surface area contributed by atoms with E-state index in [1.165, 1.54) is 12.1 Å². The summed E-state index contributed by atoms with van der Waals surface area (Å²) in [5.74, 6) is -0.00417. The van der Waals surface area contributed by atoms with Gasteiger partial charge in [0.1, 0.15) is 0 Å². The predicted octanol–water partition coefficient (Wildman–Crippen LogP) is 16.4. The molecule has 10 aromatic carbocycles. The Morgan fingerprint density at radius 1 is 0.304 bits per heavy atom. The molecule has 0 saturated carbocycles. The van der Waals surface area contributed by atoms with Gasteiger partial charge in [-0.05, 0) is 65.6 Å². The van der Waals surface area contributed by atoms with Crippen molar-refractivity contribution in [2.75, 3.05) is 0 Å². The number of benzene rings is 10. The van der Waals surface area contributed by atoms with Crippen LogP contribution in [0.3, 0.4) is 0 Å². The van der Waals surface area contributed by atoms with Crippen LogP contribution >= 0.6 is 0 Å². The number of aromatic nitrogens is 5. The molecular weight excluding hydrogens is 839 g/mol. The lowest BCUT2D eigenvalue weighted by Gasteiger charge is -2.23. The lowest BCUT2D eigenvalue weighted by Crippen LogP contribution is -2.10. The first-order valence-corrected chi connectivity index (χ1v) is 21.5. The highest BCUT2D eigenvalue weighted by molar-refractivity contribution is 6.14. The molecule has 5 nitrogen and oxygen atoms in total. The maximum absolute atomic E-state index is 10.4. The molecule has 0 aliphatic rings. The molecule has 0 aliphatic carbocycles. The van der Waals surface area contributed by atoms with Crippen LogP contribution in [0.1, 0.15) is 34.3 Å². The van der Waals surface area contributed by atoms with Crippen LogP contribution in [0.15, 0.2) is 248 Å². The van der Waals surface area contributed by atoms with Crippen LogP contribution in [0.5, 0.6) is 0 Å². The number of rotatable bonds is 7. The Bertz CT molecular complexity index is 5370. The SMILES string of the molecule is [2H]c1c(-c2ccc(-c3ccccc3)cc2)nc(-c2ccccc2)nc1-c1cc(-n2c3c([2H])c([2H])c([2H])c([2H])c3c3c([2H])c([2H])c([2H])c([2H])c32)c(-n2c3c([2H])c([2H])c([2H])c([2H])c3c3c([2H])c([2H])c([2H])c([2H])c32)c(-n2c3c([2H])c([2H])c([2H])c([2H])c3c3c([2H])c([2H])c([2H])c([2H])c32)c1. The van der Waals surface area contributed by atoms with Gasteiger partial charge in [0.2, 0.25) is 0 Å². The molecule has 0 aliphatic heterocycles. The van der Waals surface area contributed by atoms with E-state index < -0.39 is 234 Å². The van der Waals surface area contributed by atoms with E-state index in [-0.39, 0.29) is 22.8 Å². The average molecular weight is 905 g/mol. The van der Waals surface area contributed by atoms with Crippen molar-refractivity contribution in [3.63, 3.8) is 0 Å². The van der Waals surface area contributed by atoms with Crippen molar-refractivity contribution in [2.45, 2.75) is 0 Å². The van der Waals surface area contributed by atoms with Gasteiger partial charge in [0, 0.05) is 49.0 Å². The summed E-state index contributed by atoms with van der Waals surface area (Å²) in [4.78, 5) is 10.0. The van der Waals surface area contributed by atoms with Gasteiger partial charge in [-0.3, -0.25) is 0 Å². The quantitative estimate of drug-likeness (QED) is 0.160. The predicted molar refractivity (Wildman–Crippen MR) is 287 cm³/mol. The Kier molecular flexibility index (Phi) is 4.89. The van der Waals surface area contributed by atoms with Crippen LogP contribution in [0.4, 0.5) is 0 Å². The van der Waals surface area contributed by atoms with Crippen molar-refractivity contribution < 1.29 is 34.3 Å². The highest BCUT2D eigenvalue weighted by Crippen LogP contribution is 2.45. The summed E-state index contributed by atoms with van der Waals surface area (Å²) < 4.78 is 239. The molecule has 0 atom stereocenters. The first-order chi connectivity index (χ1) is 44.6. The molecule has 0 bridgehead atoms. The van der Waals surface area contributed by atoms with Gasteiger partial charge >= 0.3 is 0 Å². The molecule has 0 fully saturated rings. The fraction of sp³-hybridized carbons (Fsp3) is 0. The van der Waals surface area contributed by atoms with Crippen molar-refractivity contribution in [1.82, 2.24) is 23.7 Å². The number of hydrogen-bond acceptors (Lipinski definition) is 2. The maximum Gasteiger partial charge on any atom is 0.160 e. The minimum Gasteiger partial charge on any atom is -0.307 e. The third-order valence-electron chi connectivity index (χ3n) is 12.1. The lowest BCUT2D eigenvalue weighted by molar-refractivity contribution is 1.05. The van der Waals surface area contributed by atoms with Gasteiger partial charge in [0.25, 0.3) is 0 Å². The van der Waals surface area contributed by atoms with E-state index in [2.05, 4.69) is 0 Å². The van der Waals surface area contributed by atoms with E-state index in [1.54, 1.807) is 42.5 Å². The van der Waals surface area contributed by atoms with Crippen LogP contribution in [0, 0.1) is 0 Å². The van der Waals surface area contributed by atoms with Crippen LogP contribution in [-0.2, 0) is 0 Å². The molecule has 5 heteroatoms. The Labute approximate surface area is 433 Å². The normalized spacial score (nSPS) is 16.8. The van der Waals surface area contributed by atoms with Crippen molar-refractivity contribution >= 4 is 65.4 Å². The zero-order valence-corrected chi connectivity index (χ0v) is 35.5. The van der Waals surface area contributed by atoms with E-state index >= 15 is 0 Å². The summed E-state index contributed by atoms with van der Waals surface area (Å²) in [6, 6.07) is 6.37. The largest absolute Gasteiger partial charge is 0.307 e. The number of hydrogen-bond donors (Lipinski definition) is 0. The molecule has 0 N–H and O–H groups in total. The Hall–Kier alpha value is -9.32. The van der Waals surface area contributed by atoms with Gasteiger partial charge in [-0.1, -0.05) is 194 Å². The van der Waals surface area contributed by atoms with Gasteiger partial charge in [-0.2, -0.15) is 0 Å². The maximum atomic E-state index is 10.4. The number of nitrogens with zero attached hydrogens (tertiary/aromatic N) is 5. The van der Waals surface area contributed by atoms with Gasteiger partial charge in [-0.15, -0.1) is 0 Å². The summed E-state index contributed by atoms with van der Waals surface area (Å²) in [5, 5.41) is -3.02. The van der Waals surface area contributed by atoms with Crippen molar-refractivity contribution in [3.8, 4) is 62.1 Å². The first-order valence-electron chi connectivity index (χ1n) is 34.0. The van der Waals surface area contributed by atoms with Gasteiger partial charge in [-0.25, -0.2) is 9.97 Å². The number of fused-ring (bicyclic) bond motifs is 9. The molecule has 14 rings (SSSR count). The second-order valence-corrected chi connectivity index (χ2v) is 15.9. The van der Waals surface area contributed by atoms with E-state index in [0.29, 0.717) is 11.1 Å². The smallest absolute Gasteiger partial charge is 0.160 e. The van der Waals surface area contributed by atoms with Crippen LogP contribution < -0.4 is 0 Å². The molecule has 322 valence electrons. The summed E-state index contributed by atoms with van der Waals surface area (Å²) in [7, 11) is 0. The van der Waals surface area contributed by atoms with E-state index in [1.807, 2.05) is 42.5 Å². The molecule has 0 radical (unpaired) electrons. The average Bonchev–Trinajstić information content (AvgIpc) is 1.52. The van der Waals surface area contributed by atoms with Crippen molar-refractivity contribution in [1.29, 1.82) is 0 Å². The first kappa shape index (κ1) is 21.5. The fourth-order valence-electron chi connectivity index (χ4n) is 9.12. The van der Waals surface area contributed by atoms with Crippen LogP contribution in [0.2, 0.25) is 0 Å². The summed E-state index contributed by atoms with van der Waals surface area (Å²) in [6.07, 6.45) is 0. The summed E-state index contributed by atoms with van der Waals surface area (Å²) in [5.41, 5.74) is -3.39. The lowest BCUT2D eigenvalue weighted by atomic mass is 10.0. The van der Waals surface area contributed by atoms with Crippen molar-refractivity contribution in [3.05, 3.63) is 248 Å². The molecule has 0 spiro atoms. The zero-order valence-electron chi connectivity index (χ0n) is 60.5. The Balaban J connectivity index is 1.34. The summed E-state index contributed by atoms with van der Waals surface area (Å²) >= 11 is 0. The molecule has 4 aromatic heterocycles. The Morgan fingerprint density at radius 2 is 0.623 bits per heavy atom. The molecule has 69 heavy (non-hydrogen) atoms. The van der Waals surface area contributed by atoms with Gasteiger partial charge in [0.05, 0.1) is 95.8 Å². The summed E-state index contributed by atoms with van der Waals surface area (Å²) in [6.45, 7) is 0. The second kappa shape index (κ2) is 15.7. The highest BCUT2D eigenvalue weighted by Gasteiger charge is 2.26. The van der Waals surface area contributed by atoms with Gasteiger partial charge in [0.15, 0.2) is 5.82 Å². The number of para-hydroxylation sites is 6. The van der Waals surface area contributed by atoms with Crippen LogP contribution in [-0.4, -0.2) is 23.7 Å². The van der Waals surface area contributed by atoms with E-state index in [4.69, 9.17) is 18.2 Å². The third kappa shape index (κ3) is 6.18. The van der Waals surface area contributed by atoms with Crippen LogP contribution in [0.25, 0.3) is 128 Å². The van der Waals surface area contributed by atoms with Gasteiger partial charge < -0.3 is 13.7 Å². The standard InChI is InChI=1S/C64H41N5/c1-3-19-42(20-4-1)43-35-37-44(38-36-43)53-41-54(66-64(65-53)45-21-5-2-6-22-45)46-39-61(67-55-29-13-7-23-47(55)48-24-8-14-30-56(48)67)63(69-59-33-17-11-27-51(59)52-28-12-18-34-60(52)69)62(40-46)68-57-31-15-9-25-49(57)50-26-10-16-32-58(50)68/h1-41H/i7D,8D,9D,10D,11D,12D,13D,14D,15D,16D,17D,18D,23D,24D,25D,26D,27D,28D,29D,30D,31D,32D,33D,34D,41D. The van der Waals surface area contributed by atoms with Crippen molar-refractivity contribution in [2.24, 2.45) is 0 Å². The monoisotopic (exact) mass is 904 g/mol. The van der Waals surface area contributed by atoms with E-state index in [0.717, 1.165) is 24.8 Å². The molecule has 4 heterocycles.